The van der Waals surface area contributed by atoms with Crippen LogP contribution in [0.3, 0.4) is 0 Å². The van der Waals surface area contributed by atoms with Crippen LogP contribution in [0.1, 0.15) is 25.8 Å². The van der Waals surface area contributed by atoms with Crippen molar-refractivity contribution in [1.82, 2.24) is 4.90 Å². The smallest absolute Gasteiger partial charge is 0.239 e. The number of rotatable bonds is 6. The Hall–Kier alpha value is -1.07. The third kappa shape index (κ3) is 4.80. The number of carbonyl (C=O) groups is 1. The molecule has 0 aromatic heterocycles. The maximum atomic E-state index is 12.2. The van der Waals surface area contributed by atoms with E-state index in [0.717, 1.165) is 15.8 Å². The second-order valence-electron chi connectivity index (χ2n) is 5.39. The first-order valence-corrected chi connectivity index (χ1v) is 7.47. The van der Waals surface area contributed by atoms with Crippen LogP contribution in [0.4, 0.5) is 0 Å². The second kappa shape index (κ2) is 7.64. The number of hydrogen-bond acceptors (Lipinski definition) is 3. The van der Waals surface area contributed by atoms with Crippen molar-refractivity contribution in [3.63, 3.8) is 0 Å². The molecule has 0 heterocycles. The van der Waals surface area contributed by atoms with E-state index in [9.17, 15) is 4.79 Å². The number of methoxy groups -OCH3 is 1. The summed E-state index contributed by atoms with van der Waals surface area (Å²) in [6, 6.07) is 5.30. The maximum Gasteiger partial charge on any atom is 0.239 e. The molecule has 0 bridgehead atoms. The molecule has 0 aliphatic carbocycles. The molecule has 0 spiro atoms. The summed E-state index contributed by atoms with van der Waals surface area (Å²) in [5.41, 5.74) is 6.89. The van der Waals surface area contributed by atoms with E-state index in [1.165, 1.54) is 0 Å². The summed E-state index contributed by atoms with van der Waals surface area (Å²) in [5.74, 6) is 1.13. The van der Waals surface area contributed by atoms with E-state index in [0.29, 0.717) is 18.9 Å². The van der Waals surface area contributed by atoms with Crippen molar-refractivity contribution in [2.24, 2.45) is 11.7 Å². The Morgan fingerprint density at radius 2 is 2.10 bits per heavy atom. The first-order chi connectivity index (χ1) is 9.35. The predicted octanol–water partition coefficient (Wildman–Crippen LogP) is 2.79. The lowest BCUT2D eigenvalue weighted by Crippen LogP contribution is -2.42. The molecule has 20 heavy (non-hydrogen) atoms. The van der Waals surface area contributed by atoms with Gasteiger partial charge in [-0.25, -0.2) is 0 Å². The molecule has 0 saturated carbocycles. The van der Waals surface area contributed by atoms with Crippen molar-refractivity contribution in [1.29, 1.82) is 0 Å². The van der Waals surface area contributed by atoms with E-state index in [4.69, 9.17) is 10.5 Å². The van der Waals surface area contributed by atoms with E-state index in [1.54, 1.807) is 19.1 Å². The lowest BCUT2D eigenvalue weighted by Gasteiger charge is -2.23. The van der Waals surface area contributed by atoms with Crippen LogP contribution in [0.2, 0.25) is 0 Å². The molecule has 1 amide bonds. The minimum Gasteiger partial charge on any atom is -0.496 e. The van der Waals surface area contributed by atoms with Crippen molar-refractivity contribution >= 4 is 21.8 Å². The van der Waals surface area contributed by atoms with E-state index in [1.807, 2.05) is 18.2 Å². The van der Waals surface area contributed by atoms with Gasteiger partial charge < -0.3 is 15.4 Å². The number of likely N-dealkylation sites (N-methyl/N-ethyl adjacent to an activating group) is 1. The number of amides is 1. The fraction of sp³-hybridized carbons (Fsp3) is 0.533. The molecule has 2 N–H and O–H groups in total. The van der Waals surface area contributed by atoms with Crippen LogP contribution in [0.25, 0.3) is 0 Å². The van der Waals surface area contributed by atoms with Gasteiger partial charge in [-0.1, -0.05) is 29.8 Å². The normalized spacial score (nSPS) is 12.3. The molecule has 0 radical (unpaired) electrons. The molecule has 1 atom stereocenters. The molecule has 5 heteroatoms. The van der Waals surface area contributed by atoms with Gasteiger partial charge in [0.25, 0.3) is 0 Å². The topological polar surface area (TPSA) is 55.6 Å². The van der Waals surface area contributed by atoms with Crippen LogP contribution in [0.15, 0.2) is 22.7 Å². The molecule has 112 valence electrons. The zero-order chi connectivity index (χ0) is 15.3. The molecule has 4 nitrogen and oxygen atoms in total. The lowest BCUT2D eigenvalue weighted by molar-refractivity contribution is -0.132. The van der Waals surface area contributed by atoms with Crippen molar-refractivity contribution in [3.05, 3.63) is 28.2 Å². The van der Waals surface area contributed by atoms with E-state index in [2.05, 4.69) is 29.8 Å². The monoisotopic (exact) mass is 342 g/mol. The molecule has 0 aliphatic heterocycles. The zero-order valence-electron chi connectivity index (χ0n) is 12.5. The predicted molar refractivity (Wildman–Crippen MR) is 84.6 cm³/mol. The van der Waals surface area contributed by atoms with Crippen LogP contribution in [0, 0.1) is 5.92 Å². The van der Waals surface area contributed by atoms with Gasteiger partial charge in [-0.05, 0) is 30.5 Å². The van der Waals surface area contributed by atoms with Gasteiger partial charge in [0.05, 0.1) is 13.2 Å². The first kappa shape index (κ1) is 17.0. The van der Waals surface area contributed by atoms with Crippen molar-refractivity contribution < 1.29 is 9.53 Å². The highest BCUT2D eigenvalue weighted by Crippen LogP contribution is 2.24. The van der Waals surface area contributed by atoms with Crippen molar-refractivity contribution in [2.45, 2.75) is 32.9 Å². The van der Waals surface area contributed by atoms with Crippen LogP contribution in [0.5, 0.6) is 5.75 Å². The number of hydrogen-bond donors (Lipinski definition) is 1. The van der Waals surface area contributed by atoms with Gasteiger partial charge in [-0.15, -0.1) is 0 Å². The molecule has 1 aromatic carbocycles. The van der Waals surface area contributed by atoms with Crippen LogP contribution < -0.4 is 10.5 Å². The van der Waals surface area contributed by atoms with E-state index >= 15 is 0 Å². The summed E-state index contributed by atoms with van der Waals surface area (Å²) in [4.78, 5) is 13.9. The maximum absolute atomic E-state index is 12.2. The summed E-state index contributed by atoms with van der Waals surface area (Å²) in [6.45, 7) is 4.60. The average Bonchev–Trinajstić information content (AvgIpc) is 2.37. The van der Waals surface area contributed by atoms with Gasteiger partial charge in [0.15, 0.2) is 0 Å². The summed E-state index contributed by atoms with van der Waals surface area (Å²) in [6.07, 6.45) is 0.693. The highest BCUT2D eigenvalue weighted by Gasteiger charge is 2.20. The number of nitrogens with two attached hydrogens (primary N) is 1. The van der Waals surface area contributed by atoms with E-state index < -0.39 is 6.04 Å². The van der Waals surface area contributed by atoms with Crippen LogP contribution in [-0.2, 0) is 11.3 Å². The number of halogens is 1. The Morgan fingerprint density at radius 3 is 2.65 bits per heavy atom. The van der Waals surface area contributed by atoms with Crippen LogP contribution in [-0.4, -0.2) is 31.0 Å². The van der Waals surface area contributed by atoms with Crippen molar-refractivity contribution in [2.75, 3.05) is 14.2 Å². The summed E-state index contributed by atoms with van der Waals surface area (Å²) in [5, 5.41) is 0. The molecule has 0 saturated heterocycles. The number of carbonyl (C=O) groups excluding carboxylic acids is 1. The third-order valence-corrected chi connectivity index (χ3v) is 3.56. The zero-order valence-corrected chi connectivity index (χ0v) is 14.1. The first-order valence-electron chi connectivity index (χ1n) is 6.68. The molecule has 0 fully saturated rings. The number of nitrogens with zero attached hydrogens (tertiary/aromatic N) is 1. The second-order valence-corrected chi connectivity index (χ2v) is 6.30. The van der Waals surface area contributed by atoms with Gasteiger partial charge in [0, 0.05) is 23.6 Å². The Balaban J connectivity index is 2.77. The van der Waals surface area contributed by atoms with E-state index in [-0.39, 0.29) is 5.91 Å². The molecule has 0 aliphatic rings. The Bertz CT molecular complexity index is 463. The average molecular weight is 343 g/mol. The summed E-state index contributed by atoms with van der Waals surface area (Å²) in [7, 11) is 3.39. The summed E-state index contributed by atoms with van der Waals surface area (Å²) < 4.78 is 6.27. The third-order valence-electron chi connectivity index (χ3n) is 3.07. The van der Waals surface area contributed by atoms with Crippen LogP contribution >= 0.6 is 15.9 Å². The fourth-order valence-corrected chi connectivity index (χ4v) is 2.50. The quantitative estimate of drug-likeness (QED) is 0.864. The Kier molecular flexibility index (Phi) is 6.49. The fourth-order valence-electron chi connectivity index (χ4n) is 2.10. The lowest BCUT2D eigenvalue weighted by atomic mass is 10.0. The summed E-state index contributed by atoms with van der Waals surface area (Å²) >= 11 is 3.43. The standard InChI is InChI=1S/C15H23BrN2O2/c1-10(2)7-13(17)15(19)18(3)9-11-8-12(16)5-6-14(11)20-4/h5-6,8,10,13H,7,9,17H2,1-4H3. The Morgan fingerprint density at radius 1 is 1.45 bits per heavy atom. The minimum absolute atomic E-state index is 0.0410. The largest absolute Gasteiger partial charge is 0.496 e. The van der Waals surface area contributed by atoms with Gasteiger partial charge in [-0.2, -0.15) is 0 Å². The van der Waals surface area contributed by atoms with Gasteiger partial charge in [0.2, 0.25) is 5.91 Å². The minimum atomic E-state index is -0.446. The highest BCUT2D eigenvalue weighted by atomic mass is 79.9. The molecular formula is C15H23BrN2O2. The Labute approximate surface area is 129 Å². The van der Waals surface area contributed by atoms with Gasteiger partial charge in [-0.3, -0.25) is 4.79 Å². The van der Waals surface area contributed by atoms with Gasteiger partial charge >= 0.3 is 0 Å². The highest BCUT2D eigenvalue weighted by molar-refractivity contribution is 9.10. The molecular weight excluding hydrogens is 320 g/mol. The van der Waals surface area contributed by atoms with Crippen molar-refractivity contribution in [3.8, 4) is 5.75 Å². The number of ether oxygens (including phenoxy) is 1. The van der Waals surface area contributed by atoms with Gasteiger partial charge in [0.1, 0.15) is 5.75 Å². The SMILES string of the molecule is COc1ccc(Br)cc1CN(C)C(=O)C(N)CC(C)C. The number of benzene rings is 1. The molecule has 1 aromatic rings. The molecule has 1 unspecified atom stereocenters. The molecule has 1 rings (SSSR count).